The minimum atomic E-state index is -1.97. The highest BCUT2D eigenvalue weighted by Gasteiger charge is 2.14. The Morgan fingerprint density at radius 1 is 1.08 bits per heavy atom. The van der Waals surface area contributed by atoms with Gasteiger partial charge in [0.2, 0.25) is 28.8 Å². The molecule has 0 saturated carbocycles. The van der Waals surface area contributed by atoms with Crippen LogP contribution in [0.1, 0.15) is 11.3 Å². The van der Waals surface area contributed by atoms with Crippen LogP contribution in [-0.4, -0.2) is 39.4 Å². The Kier molecular flexibility index (Phi) is 6.19. The molecule has 134 valence electrons. The lowest BCUT2D eigenvalue weighted by atomic mass is 10.3. The number of nitrogens with zero attached hydrogens (tertiary/aromatic N) is 3. The summed E-state index contributed by atoms with van der Waals surface area (Å²) < 4.78 is 26.9. The molecule has 0 bridgehead atoms. The Morgan fingerprint density at radius 3 is 2.32 bits per heavy atom. The zero-order valence-electron chi connectivity index (χ0n) is 14.0. The van der Waals surface area contributed by atoms with Crippen LogP contribution < -0.4 is 20.3 Å². The third kappa shape index (κ3) is 5.09. The highest BCUT2D eigenvalue weighted by Crippen LogP contribution is 2.17. The second-order valence-corrected chi connectivity index (χ2v) is 5.75. The molecule has 0 aliphatic heterocycles. The highest BCUT2D eigenvalue weighted by atomic mass is 32.2. The van der Waals surface area contributed by atoms with Gasteiger partial charge < -0.3 is 9.47 Å². The van der Waals surface area contributed by atoms with Crippen LogP contribution in [0.5, 0.6) is 11.8 Å². The minimum Gasteiger partial charge on any atom is -0.481 e. The number of anilines is 1. The molecule has 10 nitrogen and oxygen atoms in total. The summed E-state index contributed by atoms with van der Waals surface area (Å²) in [4.78, 5) is 23.8. The van der Waals surface area contributed by atoms with Crippen LogP contribution in [0.2, 0.25) is 0 Å². The van der Waals surface area contributed by atoms with Gasteiger partial charge in [-0.1, -0.05) is 6.07 Å². The zero-order chi connectivity index (χ0) is 18.4. The van der Waals surface area contributed by atoms with Crippen molar-refractivity contribution in [3.63, 3.8) is 0 Å². The monoisotopic (exact) mass is 367 g/mol. The molecule has 2 amide bonds. The summed E-state index contributed by atoms with van der Waals surface area (Å²) in [6.45, 7) is 3.49. The van der Waals surface area contributed by atoms with Crippen molar-refractivity contribution in [2.24, 2.45) is 0 Å². The predicted octanol–water partition coefficient (Wildman–Crippen LogP) is 1.28. The minimum absolute atomic E-state index is 0.0760. The second-order valence-electron chi connectivity index (χ2n) is 4.73. The van der Waals surface area contributed by atoms with Crippen LogP contribution in [0, 0.1) is 13.8 Å². The summed E-state index contributed by atoms with van der Waals surface area (Å²) in [5.41, 5.74) is 3.35. The summed E-state index contributed by atoms with van der Waals surface area (Å²) >= 11 is -1.97. The first-order valence-electron chi connectivity index (χ1n) is 7.00. The molecule has 1 unspecified atom stereocenters. The van der Waals surface area contributed by atoms with Gasteiger partial charge in [0.25, 0.3) is 0 Å². The number of hydrogen-bond acceptors (Lipinski definition) is 8. The van der Waals surface area contributed by atoms with E-state index < -0.39 is 17.1 Å². The number of aryl methyl sites for hydroxylation is 2. The molecule has 2 aromatic rings. The number of urea groups is 1. The fourth-order valence-electron chi connectivity index (χ4n) is 1.68. The van der Waals surface area contributed by atoms with Crippen molar-refractivity contribution < 1.29 is 22.8 Å². The molecule has 11 heteroatoms. The molecular formula is C14H17N5O5S. The average molecular weight is 367 g/mol. The Balaban J connectivity index is 1.99. The van der Waals surface area contributed by atoms with Crippen molar-refractivity contribution >= 4 is 23.1 Å². The first-order chi connectivity index (χ1) is 11.9. The van der Waals surface area contributed by atoms with E-state index in [0.29, 0.717) is 11.3 Å². The van der Waals surface area contributed by atoms with Crippen LogP contribution in [0.3, 0.4) is 0 Å². The molecule has 0 aromatic carbocycles. The van der Waals surface area contributed by atoms with E-state index in [2.05, 4.69) is 20.3 Å². The summed E-state index contributed by atoms with van der Waals surface area (Å²) in [6, 6.07) is 4.16. The first-order valence-corrected chi connectivity index (χ1v) is 8.08. The van der Waals surface area contributed by atoms with E-state index in [1.54, 1.807) is 26.0 Å². The smallest absolute Gasteiger partial charge is 0.346 e. The number of ether oxygens (including phenoxy) is 2. The van der Waals surface area contributed by atoms with Crippen molar-refractivity contribution in [1.29, 1.82) is 0 Å². The fourth-order valence-corrected chi connectivity index (χ4v) is 2.46. The lowest BCUT2D eigenvalue weighted by Crippen LogP contribution is -2.30. The van der Waals surface area contributed by atoms with Gasteiger partial charge in [-0.3, -0.25) is 5.32 Å². The maximum absolute atomic E-state index is 12.1. The molecule has 2 N–H and O–H groups in total. The van der Waals surface area contributed by atoms with Crippen LogP contribution in [0.15, 0.2) is 23.2 Å². The molecule has 2 rings (SSSR count). The van der Waals surface area contributed by atoms with Crippen molar-refractivity contribution in [3.05, 3.63) is 29.5 Å². The van der Waals surface area contributed by atoms with E-state index in [9.17, 15) is 9.00 Å². The van der Waals surface area contributed by atoms with Gasteiger partial charge in [-0.25, -0.2) is 19.5 Å². The summed E-state index contributed by atoms with van der Waals surface area (Å²) in [5.74, 6) is 0.324. The van der Waals surface area contributed by atoms with Gasteiger partial charge in [0, 0.05) is 5.69 Å². The first kappa shape index (κ1) is 18.5. The van der Waals surface area contributed by atoms with E-state index in [0.717, 1.165) is 0 Å². The van der Waals surface area contributed by atoms with E-state index >= 15 is 0 Å². The van der Waals surface area contributed by atoms with E-state index in [-0.39, 0.29) is 22.7 Å². The lowest BCUT2D eigenvalue weighted by Gasteiger charge is -2.09. The van der Waals surface area contributed by atoms with Crippen molar-refractivity contribution in [2.75, 3.05) is 19.5 Å². The normalized spacial score (nSPS) is 11.5. The summed E-state index contributed by atoms with van der Waals surface area (Å²) in [5, 5.41) is 2.53. The maximum atomic E-state index is 12.1. The summed E-state index contributed by atoms with van der Waals surface area (Å²) in [6.07, 6.45) is 0. The third-order valence-corrected chi connectivity index (χ3v) is 3.84. The Morgan fingerprint density at radius 2 is 1.72 bits per heavy atom. The molecule has 0 fully saturated rings. The predicted molar refractivity (Wildman–Crippen MR) is 88.5 cm³/mol. The van der Waals surface area contributed by atoms with Crippen LogP contribution in [0.4, 0.5) is 10.7 Å². The van der Waals surface area contributed by atoms with Crippen LogP contribution in [0.25, 0.3) is 0 Å². The summed E-state index contributed by atoms with van der Waals surface area (Å²) in [7, 11) is 2.82. The van der Waals surface area contributed by atoms with E-state index in [1.165, 1.54) is 20.3 Å². The molecule has 2 aromatic heterocycles. The number of hydrogen-bond donors (Lipinski definition) is 2. The zero-order valence-corrected chi connectivity index (χ0v) is 14.8. The van der Waals surface area contributed by atoms with Crippen molar-refractivity contribution in [3.8, 4) is 11.8 Å². The fraction of sp³-hybridized carbons (Fsp3) is 0.286. The number of amides is 2. The SMILES string of the molecule is COc1cc(OC)nc(NC(=O)NOS(=O)c2nc(C)ccc2C)n1. The van der Waals surface area contributed by atoms with Gasteiger partial charge in [0.1, 0.15) is 0 Å². The largest absolute Gasteiger partial charge is 0.481 e. The highest BCUT2D eigenvalue weighted by molar-refractivity contribution is 7.80. The Hall–Kier alpha value is -2.79. The molecule has 0 aliphatic rings. The average Bonchev–Trinajstić information content (AvgIpc) is 2.61. The molecular weight excluding hydrogens is 350 g/mol. The number of aromatic nitrogens is 3. The Labute approximate surface area is 146 Å². The molecule has 2 heterocycles. The second kappa shape index (κ2) is 8.35. The number of pyridine rings is 1. The molecule has 0 aliphatic carbocycles. The lowest BCUT2D eigenvalue weighted by molar-refractivity contribution is 0.200. The number of carbonyl (C=O) groups excluding carboxylic acids is 1. The van der Waals surface area contributed by atoms with Crippen molar-refractivity contribution in [2.45, 2.75) is 18.9 Å². The molecule has 25 heavy (non-hydrogen) atoms. The number of nitrogens with one attached hydrogen (secondary N) is 2. The van der Waals surface area contributed by atoms with Gasteiger partial charge in [0.15, 0.2) is 5.03 Å². The van der Waals surface area contributed by atoms with E-state index in [1.807, 2.05) is 5.48 Å². The third-order valence-electron chi connectivity index (χ3n) is 2.88. The number of methoxy groups -OCH3 is 2. The van der Waals surface area contributed by atoms with Gasteiger partial charge in [-0.2, -0.15) is 14.3 Å². The van der Waals surface area contributed by atoms with Crippen LogP contribution >= 0.6 is 0 Å². The number of rotatable bonds is 6. The van der Waals surface area contributed by atoms with E-state index in [4.69, 9.17) is 13.8 Å². The number of hydroxylamine groups is 1. The van der Waals surface area contributed by atoms with Crippen LogP contribution in [-0.2, 0) is 15.4 Å². The topological polar surface area (TPSA) is 125 Å². The molecule has 0 radical (unpaired) electrons. The van der Waals surface area contributed by atoms with Gasteiger partial charge in [0.05, 0.1) is 20.3 Å². The van der Waals surface area contributed by atoms with Gasteiger partial charge in [-0.05, 0) is 25.5 Å². The molecule has 0 saturated heterocycles. The Bertz CT molecular complexity index is 779. The van der Waals surface area contributed by atoms with Gasteiger partial charge >= 0.3 is 6.03 Å². The van der Waals surface area contributed by atoms with Gasteiger partial charge in [-0.15, -0.1) is 0 Å². The number of carbonyl (C=O) groups is 1. The standard InChI is InChI=1S/C14H17N5O5S/c1-8-5-6-9(2)15-12(8)25(21)24-19-14(20)18-13-16-10(22-3)7-11(17-13)23-4/h5-7H,1-4H3,(H2,16,17,18,19,20). The maximum Gasteiger partial charge on any atom is 0.346 e. The van der Waals surface area contributed by atoms with Crippen molar-refractivity contribution in [1.82, 2.24) is 20.4 Å². The molecule has 0 spiro atoms. The molecule has 1 atom stereocenters. The quantitative estimate of drug-likeness (QED) is 0.732.